The molecule has 2 aromatic rings. The first kappa shape index (κ1) is 14.5. The highest BCUT2D eigenvalue weighted by Gasteiger charge is 2.31. The Kier molecular flexibility index (Phi) is 3.14. The lowest BCUT2D eigenvalue weighted by molar-refractivity contribution is -0.114. The number of nitrogens with zero attached hydrogens (tertiary/aromatic N) is 2. The fourth-order valence-electron chi connectivity index (χ4n) is 2.42. The van der Waals surface area contributed by atoms with Crippen molar-refractivity contribution in [2.24, 2.45) is 4.99 Å². The minimum Gasteiger partial charge on any atom is -0.508 e. The van der Waals surface area contributed by atoms with Crippen LogP contribution in [0.2, 0.25) is 0 Å². The molecule has 7 nitrogen and oxygen atoms in total. The summed E-state index contributed by atoms with van der Waals surface area (Å²) in [6, 6.07) is 4.20. The van der Waals surface area contributed by atoms with Gasteiger partial charge in [0.2, 0.25) is 0 Å². The molecule has 2 aliphatic rings. The van der Waals surface area contributed by atoms with Gasteiger partial charge in [-0.05, 0) is 29.7 Å². The van der Waals surface area contributed by atoms with Gasteiger partial charge in [-0.2, -0.15) is 4.99 Å². The average molecular weight is 339 g/mol. The number of thioether (sulfide) groups is 1. The third-order valence-electron chi connectivity index (χ3n) is 3.60. The molecule has 0 spiro atoms. The van der Waals surface area contributed by atoms with E-state index in [1.54, 1.807) is 11.6 Å². The van der Waals surface area contributed by atoms with Gasteiger partial charge in [0.15, 0.2) is 10.6 Å². The second kappa shape index (κ2) is 5.20. The molecule has 0 aliphatic carbocycles. The SMILES string of the molecule is N=C1C(=Cc2coc3ccc(O)cc3c2=O)C(=O)N=C2SC=CN12. The number of carbonyl (C=O) groups is 1. The highest BCUT2D eigenvalue weighted by atomic mass is 32.2. The molecule has 1 aromatic carbocycles. The minimum atomic E-state index is -0.585. The number of amides is 1. The van der Waals surface area contributed by atoms with Gasteiger partial charge in [0.25, 0.3) is 5.91 Å². The van der Waals surface area contributed by atoms with Crippen molar-refractivity contribution in [3.8, 4) is 5.75 Å². The van der Waals surface area contributed by atoms with Gasteiger partial charge in [-0.25, -0.2) is 0 Å². The lowest BCUT2D eigenvalue weighted by atomic mass is 10.1. The van der Waals surface area contributed by atoms with Crippen LogP contribution in [-0.4, -0.2) is 26.9 Å². The molecule has 2 N–H and O–H groups in total. The highest BCUT2D eigenvalue weighted by molar-refractivity contribution is 8.16. The maximum atomic E-state index is 12.5. The Labute approximate surface area is 139 Å². The van der Waals surface area contributed by atoms with E-state index in [-0.39, 0.29) is 28.1 Å². The second-order valence-electron chi connectivity index (χ2n) is 5.08. The van der Waals surface area contributed by atoms with E-state index in [0.29, 0.717) is 10.8 Å². The first-order valence-electron chi connectivity index (χ1n) is 6.85. The number of carbonyl (C=O) groups excluding carboxylic acids is 1. The Morgan fingerprint density at radius 1 is 1.33 bits per heavy atom. The Morgan fingerprint density at radius 3 is 3.00 bits per heavy atom. The van der Waals surface area contributed by atoms with Gasteiger partial charge < -0.3 is 9.52 Å². The molecule has 118 valence electrons. The molecule has 0 fully saturated rings. The zero-order valence-corrected chi connectivity index (χ0v) is 12.8. The van der Waals surface area contributed by atoms with E-state index in [1.165, 1.54) is 47.2 Å². The molecule has 0 unspecified atom stereocenters. The molecule has 0 saturated carbocycles. The molecule has 0 saturated heterocycles. The predicted molar refractivity (Wildman–Crippen MR) is 90.9 cm³/mol. The van der Waals surface area contributed by atoms with Crippen molar-refractivity contribution in [2.45, 2.75) is 0 Å². The minimum absolute atomic E-state index is 0.00213. The van der Waals surface area contributed by atoms with Gasteiger partial charge >= 0.3 is 0 Å². The molecular formula is C16H9N3O4S. The molecule has 0 atom stereocenters. The van der Waals surface area contributed by atoms with E-state index in [9.17, 15) is 14.7 Å². The number of rotatable bonds is 1. The summed E-state index contributed by atoms with van der Waals surface area (Å²) in [6.45, 7) is 0. The monoisotopic (exact) mass is 339 g/mol. The second-order valence-corrected chi connectivity index (χ2v) is 5.95. The number of amidine groups is 2. The van der Waals surface area contributed by atoms with E-state index < -0.39 is 11.3 Å². The highest BCUT2D eigenvalue weighted by Crippen LogP contribution is 2.27. The van der Waals surface area contributed by atoms with Crippen LogP contribution in [0.25, 0.3) is 17.0 Å². The van der Waals surface area contributed by atoms with Crippen LogP contribution in [0, 0.1) is 5.41 Å². The summed E-state index contributed by atoms with van der Waals surface area (Å²) < 4.78 is 5.37. The van der Waals surface area contributed by atoms with Crippen molar-refractivity contribution in [1.82, 2.24) is 4.90 Å². The van der Waals surface area contributed by atoms with Crippen molar-refractivity contribution >= 4 is 45.7 Å². The maximum absolute atomic E-state index is 12.5. The molecule has 3 heterocycles. The van der Waals surface area contributed by atoms with E-state index >= 15 is 0 Å². The largest absolute Gasteiger partial charge is 0.508 e. The third kappa shape index (κ3) is 2.16. The molecule has 8 heteroatoms. The van der Waals surface area contributed by atoms with Gasteiger partial charge in [0.1, 0.15) is 23.4 Å². The third-order valence-corrected chi connectivity index (χ3v) is 4.35. The van der Waals surface area contributed by atoms with Crippen LogP contribution in [0.1, 0.15) is 5.56 Å². The fraction of sp³-hybridized carbons (Fsp3) is 0. The molecule has 1 amide bonds. The Hall–Kier alpha value is -3.13. The molecule has 2 aliphatic heterocycles. The average Bonchev–Trinajstić information content (AvgIpc) is 3.02. The topological polar surface area (TPSA) is 107 Å². The fourth-order valence-corrected chi connectivity index (χ4v) is 3.13. The van der Waals surface area contributed by atoms with Gasteiger partial charge in [0, 0.05) is 6.20 Å². The zero-order valence-electron chi connectivity index (χ0n) is 12.0. The van der Waals surface area contributed by atoms with Crippen molar-refractivity contribution in [2.75, 3.05) is 0 Å². The smallest absolute Gasteiger partial charge is 0.283 e. The lowest BCUT2D eigenvalue weighted by Crippen LogP contribution is -2.35. The number of hydrogen-bond acceptors (Lipinski definition) is 6. The molecule has 4 rings (SSSR count). The molecule has 1 aromatic heterocycles. The van der Waals surface area contributed by atoms with Gasteiger partial charge in [0.05, 0.1) is 16.5 Å². The number of benzene rings is 1. The quantitative estimate of drug-likeness (QED) is 0.772. The molecular weight excluding hydrogens is 330 g/mol. The normalized spacial score (nSPS) is 18.4. The zero-order chi connectivity index (χ0) is 16.8. The van der Waals surface area contributed by atoms with Crippen LogP contribution in [0.3, 0.4) is 0 Å². The van der Waals surface area contributed by atoms with Crippen LogP contribution >= 0.6 is 11.8 Å². The van der Waals surface area contributed by atoms with E-state index in [2.05, 4.69) is 4.99 Å². The predicted octanol–water partition coefficient (Wildman–Crippen LogP) is 2.28. The molecule has 24 heavy (non-hydrogen) atoms. The van der Waals surface area contributed by atoms with Gasteiger partial charge in [-0.15, -0.1) is 0 Å². The number of aromatic hydroxyl groups is 1. The summed E-state index contributed by atoms with van der Waals surface area (Å²) in [4.78, 5) is 30.0. The molecule has 0 radical (unpaired) electrons. The number of phenols is 1. The summed E-state index contributed by atoms with van der Waals surface area (Å²) in [5, 5.41) is 20.0. The first-order chi connectivity index (χ1) is 11.5. The van der Waals surface area contributed by atoms with Crippen LogP contribution < -0.4 is 5.43 Å². The summed E-state index contributed by atoms with van der Waals surface area (Å²) in [7, 11) is 0. The summed E-state index contributed by atoms with van der Waals surface area (Å²) in [5.74, 6) is -0.700. The van der Waals surface area contributed by atoms with Crippen molar-refractivity contribution < 1.29 is 14.3 Å². The van der Waals surface area contributed by atoms with Gasteiger partial charge in [-0.1, -0.05) is 11.8 Å². The maximum Gasteiger partial charge on any atom is 0.283 e. The van der Waals surface area contributed by atoms with Crippen LogP contribution in [-0.2, 0) is 4.79 Å². The number of fused-ring (bicyclic) bond motifs is 2. The number of nitrogens with one attached hydrogen (secondary N) is 1. The van der Waals surface area contributed by atoms with Crippen molar-refractivity contribution in [3.05, 3.63) is 57.4 Å². The van der Waals surface area contributed by atoms with E-state index in [1.807, 2.05) is 0 Å². The standard InChI is InChI=1S/C16H9N3O4S/c17-14-11(15(22)18-16-19(14)3-4-24-16)5-8-7-23-12-2-1-9(20)6-10(12)13(8)21/h1-7,17,20H. The Bertz CT molecular complexity index is 1060. The van der Waals surface area contributed by atoms with Crippen molar-refractivity contribution in [1.29, 1.82) is 5.41 Å². The number of hydrogen-bond donors (Lipinski definition) is 2. The summed E-state index contributed by atoms with van der Waals surface area (Å²) >= 11 is 1.25. The number of aliphatic imine (C=N–C) groups is 1. The number of phenolic OH excluding ortho intramolecular Hbond substituents is 1. The lowest BCUT2D eigenvalue weighted by Gasteiger charge is -2.22. The van der Waals surface area contributed by atoms with Crippen LogP contribution in [0.15, 0.2) is 55.8 Å². The van der Waals surface area contributed by atoms with Crippen molar-refractivity contribution in [3.63, 3.8) is 0 Å². The molecule has 0 bridgehead atoms. The summed E-state index contributed by atoms with van der Waals surface area (Å²) in [5.41, 5.74) is 0.0268. The first-order valence-corrected chi connectivity index (χ1v) is 7.73. The van der Waals surface area contributed by atoms with E-state index in [4.69, 9.17) is 9.83 Å². The Balaban J connectivity index is 1.87. The Morgan fingerprint density at radius 2 is 2.17 bits per heavy atom. The van der Waals surface area contributed by atoms with Gasteiger partial charge in [-0.3, -0.25) is 19.9 Å². The van der Waals surface area contributed by atoms with E-state index in [0.717, 1.165) is 0 Å². The van der Waals surface area contributed by atoms with Crippen LogP contribution in [0.4, 0.5) is 0 Å². The van der Waals surface area contributed by atoms with Crippen LogP contribution in [0.5, 0.6) is 5.75 Å². The summed E-state index contributed by atoms with van der Waals surface area (Å²) in [6.07, 6.45) is 4.15.